The van der Waals surface area contributed by atoms with Gasteiger partial charge in [0.2, 0.25) is 11.8 Å². The van der Waals surface area contributed by atoms with Crippen molar-refractivity contribution >= 4 is 11.8 Å². The van der Waals surface area contributed by atoms with E-state index >= 15 is 0 Å². The summed E-state index contributed by atoms with van der Waals surface area (Å²) in [6.07, 6.45) is 10.1. The maximum absolute atomic E-state index is 12.4. The minimum Gasteiger partial charge on any atom is -0.356 e. The molecule has 0 aromatic heterocycles. The molecule has 0 aromatic rings. The highest BCUT2D eigenvalue weighted by Gasteiger charge is 2.37. The SMILES string of the molecule is CC1CC[NH+](CCCNC(=O)C2CC(=O)N(C3CCCCC3)C2)CC1. The lowest BCUT2D eigenvalue weighted by atomic mass is 9.94. The topological polar surface area (TPSA) is 53.9 Å². The molecule has 1 aliphatic carbocycles. The van der Waals surface area contributed by atoms with Crippen LogP contribution in [0.5, 0.6) is 0 Å². The van der Waals surface area contributed by atoms with Crippen LogP contribution in [0.2, 0.25) is 0 Å². The molecule has 3 fully saturated rings. The van der Waals surface area contributed by atoms with Crippen molar-refractivity contribution in [3.63, 3.8) is 0 Å². The largest absolute Gasteiger partial charge is 0.356 e. The van der Waals surface area contributed by atoms with E-state index < -0.39 is 0 Å². The number of nitrogens with one attached hydrogen (secondary N) is 2. The molecular formula is C20H36N3O2+. The summed E-state index contributed by atoms with van der Waals surface area (Å²) < 4.78 is 0. The molecule has 3 aliphatic rings. The second-order valence-electron chi connectivity index (χ2n) is 8.57. The summed E-state index contributed by atoms with van der Waals surface area (Å²) in [6.45, 7) is 7.46. The number of hydrogen-bond acceptors (Lipinski definition) is 2. The van der Waals surface area contributed by atoms with E-state index in [1.165, 1.54) is 45.2 Å². The zero-order valence-corrected chi connectivity index (χ0v) is 15.9. The Morgan fingerprint density at radius 2 is 1.88 bits per heavy atom. The van der Waals surface area contributed by atoms with Gasteiger partial charge >= 0.3 is 0 Å². The zero-order valence-electron chi connectivity index (χ0n) is 15.9. The van der Waals surface area contributed by atoms with Crippen molar-refractivity contribution in [2.24, 2.45) is 11.8 Å². The van der Waals surface area contributed by atoms with Gasteiger partial charge in [-0.2, -0.15) is 0 Å². The molecule has 1 unspecified atom stereocenters. The second-order valence-corrected chi connectivity index (χ2v) is 8.57. The Morgan fingerprint density at radius 3 is 2.60 bits per heavy atom. The summed E-state index contributed by atoms with van der Waals surface area (Å²) in [6, 6.07) is 0.393. The average molecular weight is 351 g/mol. The van der Waals surface area contributed by atoms with Gasteiger partial charge in [0.05, 0.1) is 25.6 Å². The van der Waals surface area contributed by atoms with E-state index in [4.69, 9.17) is 0 Å². The Hall–Kier alpha value is -1.10. The number of likely N-dealkylation sites (tertiary alicyclic amines) is 2. The summed E-state index contributed by atoms with van der Waals surface area (Å²) in [5.41, 5.74) is 0. The van der Waals surface area contributed by atoms with E-state index in [-0.39, 0.29) is 17.7 Å². The van der Waals surface area contributed by atoms with Gasteiger partial charge in [-0.25, -0.2) is 0 Å². The van der Waals surface area contributed by atoms with Crippen molar-refractivity contribution in [3.8, 4) is 0 Å². The number of nitrogens with zero attached hydrogens (tertiary/aromatic N) is 1. The molecule has 0 aromatic carbocycles. The van der Waals surface area contributed by atoms with E-state index in [2.05, 4.69) is 12.2 Å². The van der Waals surface area contributed by atoms with Crippen LogP contribution in [0.4, 0.5) is 0 Å². The molecule has 3 rings (SSSR count). The molecule has 1 atom stereocenters. The van der Waals surface area contributed by atoms with Crippen LogP contribution in [0.1, 0.15) is 64.7 Å². The van der Waals surface area contributed by atoms with Gasteiger partial charge in [-0.3, -0.25) is 9.59 Å². The first-order chi connectivity index (χ1) is 12.1. The van der Waals surface area contributed by atoms with E-state index in [0.717, 1.165) is 38.3 Å². The first kappa shape index (κ1) is 18.7. The Bertz CT molecular complexity index is 454. The van der Waals surface area contributed by atoms with Crippen LogP contribution < -0.4 is 10.2 Å². The molecule has 1 saturated carbocycles. The van der Waals surface area contributed by atoms with Crippen molar-refractivity contribution in [1.29, 1.82) is 0 Å². The van der Waals surface area contributed by atoms with Crippen molar-refractivity contribution in [2.45, 2.75) is 70.8 Å². The number of carbonyl (C=O) groups excluding carboxylic acids is 2. The molecule has 2 amide bonds. The molecular weight excluding hydrogens is 314 g/mol. The number of hydrogen-bond donors (Lipinski definition) is 2. The van der Waals surface area contributed by atoms with Crippen molar-refractivity contribution < 1.29 is 14.5 Å². The van der Waals surface area contributed by atoms with Gasteiger partial charge in [-0.1, -0.05) is 26.2 Å². The van der Waals surface area contributed by atoms with Gasteiger partial charge in [0, 0.05) is 32.0 Å². The van der Waals surface area contributed by atoms with Gasteiger partial charge in [0.15, 0.2) is 0 Å². The number of rotatable bonds is 6. The second kappa shape index (κ2) is 9.02. The summed E-state index contributed by atoms with van der Waals surface area (Å²) >= 11 is 0. The first-order valence-electron chi connectivity index (χ1n) is 10.5. The molecule has 25 heavy (non-hydrogen) atoms. The Labute approximate surface area is 152 Å². The minimum atomic E-state index is -0.127. The van der Waals surface area contributed by atoms with Gasteiger partial charge in [-0.15, -0.1) is 0 Å². The monoisotopic (exact) mass is 350 g/mol. The molecule has 0 spiro atoms. The van der Waals surface area contributed by atoms with Crippen LogP contribution in [0, 0.1) is 11.8 Å². The van der Waals surface area contributed by atoms with Crippen molar-refractivity contribution in [2.75, 3.05) is 32.7 Å². The summed E-state index contributed by atoms with van der Waals surface area (Å²) in [5.74, 6) is 1.04. The van der Waals surface area contributed by atoms with E-state index in [9.17, 15) is 9.59 Å². The van der Waals surface area contributed by atoms with Crippen LogP contribution in [0.15, 0.2) is 0 Å². The third-order valence-corrected chi connectivity index (χ3v) is 6.53. The molecule has 0 bridgehead atoms. The Morgan fingerprint density at radius 1 is 1.16 bits per heavy atom. The van der Waals surface area contributed by atoms with Crippen LogP contribution in [-0.2, 0) is 9.59 Å². The van der Waals surface area contributed by atoms with E-state index in [1.54, 1.807) is 4.90 Å². The predicted octanol–water partition coefficient (Wildman–Crippen LogP) is 0.989. The fraction of sp³-hybridized carbons (Fsp3) is 0.900. The normalized spacial score (nSPS) is 31.3. The molecule has 142 valence electrons. The van der Waals surface area contributed by atoms with Crippen LogP contribution >= 0.6 is 0 Å². The fourth-order valence-corrected chi connectivity index (χ4v) is 4.77. The lowest BCUT2D eigenvalue weighted by Gasteiger charge is -2.31. The molecule has 2 N–H and O–H groups in total. The van der Waals surface area contributed by atoms with Gasteiger partial charge < -0.3 is 15.1 Å². The third kappa shape index (κ3) is 5.19. The number of quaternary nitrogens is 1. The molecule has 5 nitrogen and oxygen atoms in total. The summed E-state index contributed by atoms with van der Waals surface area (Å²) in [5, 5.41) is 3.09. The first-order valence-corrected chi connectivity index (χ1v) is 10.5. The third-order valence-electron chi connectivity index (χ3n) is 6.53. The minimum absolute atomic E-state index is 0.0916. The quantitative estimate of drug-likeness (QED) is 0.702. The standard InChI is InChI=1S/C20H35N3O2/c1-16-8-12-22(13-9-16)11-5-10-21-20(25)17-14-19(24)23(15-17)18-6-3-2-4-7-18/h16-18H,2-15H2,1H3,(H,21,25)/p+1. The lowest BCUT2D eigenvalue weighted by Crippen LogP contribution is -3.13. The molecule has 2 aliphatic heterocycles. The number of piperidine rings is 1. The van der Waals surface area contributed by atoms with E-state index in [0.29, 0.717) is 19.0 Å². The average Bonchev–Trinajstić information content (AvgIpc) is 3.03. The van der Waals surface area contributed by atoms with Gasteiger partial charge in [0.25, 0.3) is 0 Å². The van der Waals surface area contributed by atoms with Crippen molar-refractivity contribution in [1.82, 2.24) is 10.2 Å². The van der Waals surface area contributed by atoms with E-state index in [1.807, 2.05) is 4.90 Å². The highest BCUT2D eigenvalue weighted by Crippen LogP contribution is 2.28. The predicted molar refractivity (Wildman–Crippen MR) is 98.3 cm³/mol. The van der Waals surface area contributed by atoms with Crippen LogP contribution in [0.25, 0.3) is 0 Å². The molecule has 0 radical (unpaired) electrons. The van der Waals surface area contributed by atoms with Gasteiger partial charge in [-0.05, 0) is 31.6 Å². The molecule has 2 saturated heterocycles. The highest BCUT2D eigenvalue weighted by atomic mass is 16.2. The number of carbonyl (C=O) groups is 2. The van der Waals surface area contributed by atoms with Crippen LogP contribution in [-0.4, -0.2) is 55.5 Å². The van der Waals surface area contributed by atoms with Gasteiger partial charge in [0.1, 0.15) is 0 Å². The maximum atomic E-state index is 12.4. The lowest BCUT2D eigenvalue weighted by molar-refractivity contribution is -0.906. The smallest absolute Gasteiger partial charge is 0.225 e. The van der Waals surface area contributed by atoms with Crippen molar-refractivity contribution in [3.05, 3.63) is 0 Å². The Kier molecular flexibility index (Phi) is 6.74. The van der Waals surface area contributed by atoms with Crippen LogP contribution in [0.3, 0.4) is 0 Å². The maximum Gasteiger partial charge on any atom is 0.225 e. The summed E-state index contributed by atoms with van der Waals surface area (Å²) in [7, 11) is 0. The molecule has 5 heteroatoms. The number of amides is 2. The Balaban J connectivity index is 1.33. The highest BCUT2D eigenvalue weighted by molar-refractivity contribution is 5.89. The fourth-order valence-electron chi connectivity index (χ4n) is 4.77. The summed E-state index contributed by atoms with van der Waals surface area (Å²) in [4.78, 5) is 28.4. The molecule has 2 heterocycles. The zero-order chi connectivity index (χ0) is 17.6.